The number of methoxy groups -OCH3 is 1. The maximum absolute atomic E-state index is 10.4. The van der Waals surface area contributed by atoms with Gasteiger partial charge in [-0.25, -0.2) is 0 Å². The third-order valence-electron chi connectivity index (χ3n) is 1.52. The van der Waals surface area contributed by atoms with Gasteiger partial charge >= 0.3 is 29.6 Å². The number of carboxylic acid groups (broad SMARTS) is 1. The van der Waals surface area contributed by atoms with Gasteiger partial charge in [0.05, 0.1) is 7.11 Å². The normalized spacial score (nSPS) is 10.2. The molecule has 0 aromatic heterocycles. The van der Waals surface area contributed by atoms with E-state index in [9.17, 15) is 9.90 Å². The number of benzene rings is 1. The maximum Gasteiger partial charge on any atom is 1.00 e. The fourth-order valence-corrected chi connectivity index (χ4v) is 0.902. The standard InChI is InChI=1S/C10H10O3.Na/c1-13-9(10(11)12)7-8-5-3-2-4-6-8;/h2-7H,1H3,(H,11,12);/q;+1/p-1. The number of hydrogen-bond donors (Lipinski definition) is 0. The maximum atomic E-state index is 10.4. The Labute approximate surface area is 105 Å². The number of rotatable bonds is 3. The molecule has 0 fully saturated rings. The molecule has 1 aromatic carbocycles. The second kappa shape index (κ2) is 6.65. The van der Waals surface area contributed by atoms with E-state index in [2.05, 4.69) is 4.74 Å². The van der Waals surface area contributed by atoms with Crippen LogP contribution in [0.2, 0.25) is 0 Å². The molecule has 0 heterocycles. The van der Waals surface area contributed by atoms with Crippen molar-refractivity contribution in [2.24, 2.45) is 0 Å². The summed E-state index contributed by atoms with van der Waals surface area (Å²) in [5.74, 6) is -1.49. The first-order chi connectivity index (χ1) is 6.24. The molecular weight excluding hydrogens is 191 g/mol. The number of carboxylic acids is 1. The van der Waals surface area contributed by atoms with E-state index in [-0.39, 0.29) is 35.3 Å². The summed E-state index contributed by atoms with van der Waals surface area (Å²) in [7, 11) is 1.30. The number of carbonyl (C=O) groups excluding carboxylic acids is 1. The Hall–Kier alpha value is -0.770. The fraction of sp³-hybridized carbons (Fsp3) is 0.100. The molecule has 0 aliphatic heterocycles. The molecule has 0 atom stereocenters. The molecule has 0 bridgehead atoms. The molecule has 1 aromatic rings. The van der Waals surface area contributed by atoms with Crippen LogP contribution in [0.15, 0.2) is 36.1 Å². The zero-order valence-electron chi connectivity index (χ0n) is 8.19. The number of aliphatic carboxylic acids is 1. The summed E-state index contributed by atoms with van der Waals surface area (Å²) >= 11 is 0. The molecule has 0 amide bonds. The predicted octanol–water partition coefficient (Wildman–Crippen LogP) is -2.57. The van der Waals surface area contributed by atoms with Crippen molar-refractivity contribution in [1.82, 2.24) is 0 Å². The van der Waals surface area contributed by atoms with Crippen molar-refractivity contribution in [3.63, 3.8) is 0 Å². The average molecular weight is 200 g/mol. The van der Waals surface area contributed by atoms with Crippen LogP contribution in [-0.4, -0.2) is 13.1 Å². The first-order valence-corrected chi connectivity index (χ1v) is 3.76. The Balaban J connectivity index is 0.00000169. The van der Waals surface area contributed by atoms with Crippen molar-refractivity contribution in [3.05, 3.63) is 41.7 Å². The largest absolute Gasteiger partial charge is 1.00 e. The molecule has 0 N–H and O–H groups in total. The minimum atomic E-state index is -1.31. The summed E-state index contributed by atoms with van der Waals surface area (Å²) in [6.07, 6.45) is 1.41. The number of ether oxygens (including phenoxy) is 1. The van der Waals surface area contributed by atoms with Crippen molar-refractivity contribution < 1.29 is 44.2 Å². The fourth-order valence-electron chi connectivity index (χ4n) is 0.902. The molecule has 0 aliphatic carbocycles. The van der Waals surface area contributed by atoms with E-state index in [0.717, 1.165) is 5.56 Å². The molecule has 14 heavy (non-hydrogen) atoms. The Morgan fingerprint density at radius 3 is 2.36 bits per heavy atom. The minimum absolute atomic E-state index is 0. The smallest absolute Gasteiger partial charge is 0.542 e. The van der Waals surface area contributed by atoms with Crippen molar-refractivity contribution in [1.29, 1.82) is 0 Å². The Bertz CT molecular complexity index is 319. The number of hydrogen-bond acceptors (Lipinski definition) is 3. The molecule has 68 valence electrons. The van der Waals surface area contributed by atoms with Gasteiger partial charge in [-0.3, -0.25) is 0 Å². The number of carbonyl (C=O) groups is 1. The van der Waals surface area contributed by atoms with Crippen LogP contribution < -0.4 is 34.7 Å². The first-order valence-electron chi connectivity index (χ1n) is 3.76. The molecule has 0 unspecified atom stereocenters. The third kappa shape index (κ3) is 3.96. The third-order valence-corrected chi connectivity index (χ3v) is 1.52. The van der Waals surface area contributed by atoms with Crippen molar-refractivity contribution in [2.45, 2.75) is 0 Å². The van der Waals surface area contributed by atoms with Crippen LogP contribution in [0, 0.1) is 0 Å². The molecule has 0 radical (unpaired) electrons. The van der Waals surface area contributed by atoms with Crippen LogP contribution in [0.5, 0.6) is 0 Å². The van der Waals surface area contributed by atoms with Crippen LogP contribution in [-0.2, 0) is 9.53 Å². The van der Waals surface area contributed by atoms with Crippen LogP contribution in [0.1, 0.15) is 5.56 Å². The second-order valence-electron chi connectivity index (χ2n) is 2.41. The van der Waals surface area contributed by atoms with Gasteiger partial charge in [0, 0.05) is 0 Å². The zero-order valence-corrected chi connectivity index (χ0v) is 10.2. The van der Waals surface area contributed by atoms with Gasteiger partial charge in [0.15, 0.2) is 0 Å². The van der Waals surface area contributed by atoms with E-state index in [1.54, 1.807) is 12.1 Å². The summed E-state index contributed by atoms with van der Waals surface area (Å²) in [5.41, 5.74) is 0.767. The Morgan fingerprint density at radius 2 is 1.93 bits per heavy atom. The van der Waals surface area contributed by atoms with E-state index >= 15 is 0 Å². The van der Waals surface area contributed by atoms with Crippen LogP contribution in [0.25, 0.3) is 6.08 Å². The SMILES string of the molecule is COC(=Cc1ccccc1)C(=O)[O-].[Na+]. The van der Waals surface area contributed by atoms with Gasteiger partial charge in [-0.05, 0) is 11.6 Å². The van der Waals surface area contributed by atoms with E-state index in [1.807, 2.05) is 18.2 Å². The van der Waals surface area contributed by atoms with Crippen molar-refractivity contribution >= 4 is 12.0 Å². The molecule has 0 aliphatic rings. The van der Waals surface area contributed by atoms with Gasteiger partial charge < -0.3 is 14.6 Å². The summed E-state index contributed by atoms with van der Waals surface area (Å²) in [4.78, 5) is 10.4. The molecule has 0 saturated carbocycles. The van der Waals surface area contributed by atoms with Gasteiger partial charge in [-0.1, -0.05) is 30.3 Å². The van der Waals surface area contributed by atoms with Gasteiger partial charge in [-0.15, -0.1) is 0 Å². The van der Waals surface area contributed by atoms with Gasteiger partial charge in [0.2, 0.25) is 0 Å². The van der Waals surface area contributed by atoms with Crippen molar-refractivity contribution in [2.75, 3.05) is 7.11 Å². The zero-order chi connectivity index (χ0) is 9.68. The van der Waals surface area contributed by atoms with Crippen LogP contribution >= 0.6 is 0 Å². The van der Waals surface area contributed by atoms with Crippen molar-refractivity contribution in [3.8, 4) is 0 Å². The van der Waals surface area contributed by atoms with E-state index in [0.29, 0.717) is 0 Å². The summed E-state index contributed by atoms with van der Waals surface area (Å²) in [5, 5.41) is 10.4. The minimum Gasteiger partial charge on any atom is -0.542 e. The second-order valence-corrected chi connectivity index (χ2v) is 2.41. The van der Waals surface area contributed by atoms with E-state index in [4.69, 9.17) is 0 Å². The predicted molar refractivity (Wildman–Crippen MR) is 46.4 cm³/mol. The molecule has 0 spiro atoms. The topological polar surface area (TPSA) is 49.4 Å². The Morgan fingerprint density at radius 1 is 1.36 bits per heavy atom. The molecule has 4 heteroatoms. The summed E-state index contributed by atoms with van der Waals surface area (Å²) in [6, 6.07) is 9.04. The van der Waals surface area contributed by atoms with Crippen LogP contribution in [0.4, 0.5) is 0 Å². The molecule has 1 rings (SSSR count). The first kappa shape index (κ1) is 13.2. The average Bonchev–Trinajstić information content (AvgIpc) is 2.15. The monoisotopic (exact) mass is 200 g/mol. The molecular formula is C10H9NaO3. The van der Waals surface area contributed by atoms with E-state index in [1.165, 1.54) is 13.2 Å². The van der Waals surface area contributed by atoms with Gasteiger partial charge in [0.1, 0.15) is 11.7 Å². The van der Waals surface area contributed by atoms with E-state index < -0.39 is 5.97 Å². The van der Waals surface area contributed by atoms with Crippen LogP contribution in [0.3, 0.4) is 0 Å². The summed E-state index contributed by atoms with van der Waals surface area (Å²) < 4.78 is 4.61. The molecule has 0 saturated heterocycles. The molecule has 3 nitrogen and oxygen atoms in total. The van der Waals surface area contributed by atoms with Gasteiger partial charge in [-0.2, -0.15) is 0 Å². The Kier molecular flexibility index (Phi) is 6.28. The van der Waals surface area contributed by atoms with Gasteiger partial charge in [0.25, 0.3) is 0 Å². The summed E-state index contributed by atoms with van der Waals surface area (Å²) in [6.45, 7) is 0. The quantitative estimate of drug-likeness (QED) is 0.306.